The molecule has 0 aliphatic rings. The molecule has 0 amide bonds. The number of carbonyl (C=O) groups is 1. The van der Waals surface area contributed by atoms with Crippen molar-refractivity contribution in [3.05, 3.63) is 31.2 Å². The van der Waals surface area contributed by atoms with Gasteiger partial charge >= 0.3 is 5.97 Å². The van der Waals surface area contributed by atoms with Crippen molar-refractivity contribution in [2.24, 2.45) is 0 Å². The first kappa shape index (κ1) is 14.4. The second-order valence-corrected chi connectivity index (χ2v) is 4.35. The van der Waals surface area contributed by atoms with Crippen LogP contribution in [0.1, 0.15) is 22.8 Å². The number of nitriles is 1. The zero-order valence-corrected chi connectivity index (χ0v) is 11.5. The van der Waals surface area contributed by atoms with Gasteiger partial charge in [-0.05, 0) is 6.92 Å². The SMILES string of the molecule is CCOC(=O)c1c(Cl)c(Cl)c(Cl)c(Cl)c1C#N. The molecule has 0 saturated heterocycles. The van der Waals surface area contributed by atoms with Crippen molar-refractivity contribution in [1.82, 2.24) is 0 Å². The molecule has 0 unspecified atom stereocenters. The lowest BCUT2D eigenvalue weighted by Gasteiger charge is -2.10. The van der Waals surface area contributed by atoms with E-state index in [1.807, 2.05) is 0 Å². The normalized spacial score (nSPS) is 9.88. The number of esters is 1. The van der Waals surface area contributed by atoms with Gasteiger partial charge in [0.1, 0.15) is 6.07 Å². The van der Waals surface area contributed by atoms with Crippen LogP contribution in [0.25, 0.3) is 0 Å². The number of rotatable bonds is 2. The Bertz CT molecular complexity index is 522. The van der Waals surface area contributed by atoms with Gasteiger partial charge in [-0.1, -0.05) is 46.4 Å². The summed E-state index contributed by atoms with van der Waals surface area (Å²) < 4.78 is 4.77. The van der Waals surface area contributed by atoms with E-state index in [2.05, 4.69) is 0 Å². The molecule has 3 nitrogen and oxygen atoms in total. The third kappa shape index (κ3) is 2.61. The number of carbonyl (C=O) groups excluding carboxylic acids is 1. The molecule has 0 fully saturated rings. The molecule has 0 bridgehead atoms. The fraction of sp³-hybridized carbons (Fsp3) is 0.200. The predicted octanol–water partition coefficient (Wildman–Crippen LogP) is 4.35. The molecule has 90 valence electrons. The number of benzene rings is 1. The fourth-order valence-corrected chi connectivity index (χ4v) is 2.10. The van der Waals surface area contributed by atoms with Gasteiger partial charge in [0, 0.05) is 0 Å². The Labute approximate surface area is 118 Å². The Kier molecular flexibility index (Phi) is 4.91. The first-order valence-electron chi connectivity index (χ1n) is 4.38. The smallest absolute Gasteiger partial charge is 0.341 e. The van der Waals surface area contributed by atoms with Gasteiger partial charge in [-0.25, -0.2) is 4.79 Å². The lowest BCUT2D eigenvalue weighted by molar-refractivity contribution is 0.0526. The van der Waals surface area contributed by atoms with E-state index in [1.165, 1.54) is 0 Å². The average Bonchev–Trinajstić information content (AvgIpc) is 2.31. The van der Waals surface area contributed by atoms with Crippen molar-refractivity contribution in [1.29, 1.82) is 5.26 Å². The Morgan fingerprint density at radius 3 is 2.18 bits per heavy atom. The van der Waals surface area contributed by atoms with Crippen LogP contribution in [-0.2, 0) is 4.74 Å². The van der Waals surface area contributed by atoms with Crippen LogP contribution < -0.4 is 0 Å². The van der Waals surface area contributed by atoms with Crippen LogP contribution in [0.4, 0.5) is 0 Å². The van der Waals surface area contributed by atoms with E-state index in [0.717, 1.165) is 0 Å². The van der Waals surface area contributed by atoms with Crippen molar-refractivity contribution < 1.29 is 9.53 Å². The average molecular weight is 313 g/mol. The molecule has 1 aromatic rings. The highest BCUT2D eigenvalue weighted by atomic mass is 35.5. The largest absolute Gasteiger partial charge is 0.462 e. The summed E-state index contributed by atoms with van der Waals surface area (Å²) in [5, 5.41) is 8.54. The van der Waals surface area contributed by atoms with Crippen LogP contribution >= 0.6 is 46.4 Å². The van der Waals surface area contributed by atoms with Crippen LogP contribution in [0.15, 0.2) is 0 Å². The summed E-state index contributed by atoms with van der Waals surface area (Å²) in [4.78, 5) is 11.6. The predicted molar refractivity (Wildman–Crippen MR) is 67.2 cm³/mol. The summed E-state index contributed by atoms with van der Waals surface area (Å²) in [5.74, 6) is -0.769. The maximum atomic E-state index is 11.6. The van der Waals surface area contributed by atoms with Crippen molar-refractivity contribution in [3.63, 3.8) is 0 Å². The van der Waals surface area contributed by atoms with Crippen LogP contribution in [0.2, 0.25) is 20.1 Å². The van der Waals surface area contributed by atoms with Gasteiger partial charge in [-0.15, -0.1) is 0 Å². The second kappa shape index (κ2) is 5.79. The van der Waals surface area contributed by atoms with Crippen LogP contribution in [0.5, 0.6) is 0 Å². The van der Waals surface area contributed by atoms with E-state index >= 15 is 0 Å². The van der Waals surface area contributed by atoms with Gasteiger partial charge in [-0.2, -0.15) is 5.26 Å². The summed E-state index contributed by atoms with van der Waals surface area (Å²) in [6.45, 7) is 1.76. The molecule has 0 atom stereocenters. The summed E-state index contributed by atoms with van der Waals surface area (Å²) in [5.41, 5.74) is -0.320. The minimum atomic E-state index is -0.769. The van der Waals surface area contributed by atoms with Crippen LogP contribution in [0, 0.1) is 11.3 Å². The van der Waals surface area contributed by atoms with Crippen molar-refractivity contribution >= 4 is 52.4 Å². The summed E-state index contributed by atoms with van der Waals surface area (Å²) in [6.07, 6.45) is 0. The van der Waals surface area contributed by atoms with E-state index in [-0.39, 0.29) is 37.8 Å². The van der Waals surface area contributed by atoms with Gasteiger partial charge in [0.2, 0.25) is 0 Å². The fourth-order valence-electron chi connectivity index (χ4n) is 1.13. The molecular formula is C10H5Cl4NO2. The molecule has 7 heteroatoms. The number of nitrogens with zero attached hydrogens (tertiary/aromatic N) is 1. The summed E-state index contributed by atoms with van der Waals surface area (Å²) >= 11 is 23.2. The van der Waals surface area contributed by atoms with Gasteiger partial charge in [0.15, 0.2) is 0 Å². The maximum absolute atomic E-state index is 11.6. The van der Waals surface area contributed by atoms with Gasteiger partial charge < -0.3 is 4.74 Å². The number of halogens is 4. The lowest BCUT2D eigenvalue weighted by Crippen LogP contribution is -2.09. The van der Waals surface area contributed by atoms with E-state index in [4.69, 9.17) is 56.4 Å². The molecule has 0 spiro atoms. The van der Waals surface area contributed by atoms with Crippen LogP contribution in [-0.4, -0.2) is 12.6 Å². The molecule has 0 aromatic heterocycles. The Morgan fingerprint density at radius 2 is 1.71 bits per heavy atom. The molecule has 0 N–H and O–H groups in total. The topological polar surface area (TPSA) is 50.1 Å². The van der Waals surface area contributed by atoms with E-state index < -0.39 is 5.97 Å². The maximum Gasteiger partial charge on any atom is 0.341 e. The molecule has 0 aliphatic heterocycles. The van der Waals surface area contributed by atoms with E-state index in [9.17, 15) is 4.79 Å². The number of ether oxygens (including phenoxy) is 1. The van der Waals surface area contributed by atoms with Crippen molar-refractivity contribution in [3.8, 4) is 6.07 Å². The van der Waals surface area contributed by atoms with Gasteiger partial charge in [0.25, 0.3) is 0 Å². The zero-order valence-electron chi connectivity index (χ0n) is 8.48. The quantitative estimate of drug-likeness (QED) is 0.463. The monoisotopic (exact) mass is 311 g/mol. The van der Waals surface area contributed by atoms with Crippen molar-refractivity contribution in [2.45, 2.75) is 6.92 Å². The minimum Gasteiger partial charge on any atom is -0.462 e. The zero-order chi connectivity index (χ0) is 13.2. The Balaban J connectivity index is 3.59. The summed E-state index contributed by atoms with van der Waals surface area (Å²) in [7, 11) is 0. The molecule has 17 heavy (non-hydrogen) atoms. The number of hydrogen-bond donors (Lipinski definition) is 0. The minimum absolute atomic E-state index is 0.0667. The number of hydrogen-bond acceptors (Lipinski definition) is 3. The molecule has 0 heterocycles. The van der Waals surface area contributed by atoms with Gasteiger partial charge in [0.05, 0.1) is 37.8 Å². The molecule has 1 aromatic carbocycles. The Morgan fingerprint density at radius 1 is 1.18 bits per heavy atom. The highest BCUT2D eigenvalue weighted by Crippen LogP contribution is 2.41. The first-order chi connectivity index (χ1) is 7.95. The molecule has 0 aliphatic carbocycles. The van der Waals surface area contributed by atoms with E-state index in [0.29, 0.717) is 0 Å². The Hall–Kier alpha value is -0.660. The highest BCUT2D eigenvalue weighted by molar-refractivity contribution is 6.53. The van der Waals surface area contributed by atoms with E-state index in [1.54, 1.807) is 13.0 Å². The van der Waals surface area contributed by atoms with Crippen LogP contribution in [0.3, 0.4) is 0 Å². The lowest BCUT2D eigenvalue weighted by atomic mass is 10.1. The molecular weight excluding hydrogens is 308 g/mol. The highest BCUT2D eigenvalue weighted by Gasteiger charge is 2.25. The third-order valence-electron chi connectivity index (χ3n) is 1.86. The molecule has 0 saturated carbocycles. The first-order valence-corrected chi connectivity index (χ1v) is 5.90. The molecule has 0 radical (unpaired) electrons. The third-order valence-corrected chi connectivity index (χ3v) is 3.66. The van der Waals surface area contributed by atoms with Gasteiger partial charge in [-0.3, -0.25) is 0 Å². The summed E-state index contributed by atoms with van der Waals surface area (Å²) in [6, 6.07) is 1.75. The van der Waals surface area contributed by atoms with Crippen molar-refractivity contribution in [2.75, 3.05) is 6.61 Å². The standard InChI is InChI=1S/C10H5Cl4NO2/c1-2-17-10(16)5-4(3-15)6(11)8(13)9(14)7(5)12/h2H2,1H3. The molecule has 1 rings (SSSR count). The second-order valence-electron chi connectivity index (χ2n) is 2.84.